The first-order chi connectivity index (χ1) is 16.1. The Kier molecular flexibility index (Phi) is 5.17. The molecule has 1 aromatic carbocycles. The number of piperidine rings is 1. The number of pyridine rings is 1. The van der Waals surface area contributed by atoms with E-state index in [9.17, 15) is 4.79 Å². The van der Waals surface area contributed by atoms with Gasteiger partial charge in [-0.2, -0.15) is 15.0 Å². The second-order valence-electron chi connectivity index (χ2n) is 9.19. The van der Waals surface area contributed by atoms with Gasteiger partial charge < -0.3 is 19.7 Å². The molecule has 0 unspecified atom stereocenters. The first kappa shape index (κ1) is 20.5. The van der Waals surface area contributed by atoms with Crippen LogP contribution >= 0.6 is 11.6 Å². The molecule has 5 heterocycles. The zero-order valence-corrected chi connectivity index (χ0v) is 19.1. The summed E-state index contributed by atoms with van der Waals surface area (Å²) in [4.78, 5) is 31.3. The van der Waals surface area contributed by atoms with Crippen LogP contribution in [-0.4, -0.2) is 45.7 Å². The monoisotopic (exact) mass is 463 g/mol. The van der Waals surface area contributed by atoms with Gasteiger partial charge in [0.05, 0.1) is 0 Å². The maximum Gasteiger partial charge on any atom is 0.250 e. The Morgan fingerprint density at radius 1 is 0.879 bits per heavy atom. The molecule has 8 nitrogen and oxygen atoms in total. The summed E-state index contributed by atoms with van der Waals surface area (Å²) in [6.07, 6.45) is 3.40. The third-order valence-electron chi connectivity index (χ3n) is 6.86. The molecule has 9 heteroatoms. The van der Waals surface area contributed by atoms with Crippen molar-refractivity contribution in [3.63, 3.8) is 0 Å². The summed E-state index contributed by atoms with van der Waals surface area (Å²) >= 11 is 6.04. The maximum absolute atomic E-state index is 12.4. The lowest BCUT2D eigenvalue weighted by Gasteiger charge is -2.42. The molecule has 0 saturated carbocycles. The summed E-state index contributed by atoms with van der Waals surface area (Å²) in [5.74, 6) is 2.66. The van der Waals surface area contributed by atoms with Gasteiger partial charge in [-0.25, -0.2) is 0 Å². The van der Waals surface area contributed by atoms with Crippen LogP contribution in [0.5, 0.6) is 0 Å². The highest BCUT2D eigenvalue weighted by Gasteiger charge is 2.36. The Balaban J connectivity index is 1.33. The highest BCUT2D eigenvalue weighted by Crippen LogP contribution is 2.36. The minimum absolute atomic E-state index is 0.0987. The van der Waals surface area contributed by atoms with Crippen molar-refractivity contribution in [3.8, 4) is 0 Å². The molecule has 2 fully saturated rings. The molecule has 3 aromatic rings. The number of hydrogen-bond donors (Lipinski definition) is 1. The zero-order valence-electron chi connectivity index (χ0n) is 18.3. The summed E-state index contributed by atoms with van der Waals surface area (Å²) in [5.41, 5.74) is 2.10. The predicted molar refractivity (Wildman–Crippen MR) is 130 cm³/mol. The molecule has 33 heavy (non-hydrogen) atoms. The normalized spacial score (nSPS) is 21.7. The van der Waals surface area contributed by atoms with Crippen molar-refractivity contribution in [2.75, 3.05) is 41.3 Å². The van der Waals surface area contributed by atoms with Gasteiger partial charge in [0.15, 0.2) is 0 Å². The number of nitrogens with one attached hydrogen (secondary N) is 1. The van der Waals surface area contributed by atoms with E-state index in [-0.39, 0.29) is 5.56 Å². The molecule has 0 spiro atoms. The van der Waals surface area contributed by atoms with Crippen molar-refractivity contribution in [2.45, 2.75) is 31.7 Å². The molecule has 1 N–H and O–H groups in total. The number of halogens is 1. The highest BCUT2D eigenvalue weighted by atomic mass is 35.5. The molecule has 0 aliphatic carbocycles. The van der Waals surface area contributed by atoms with Gasteiger partial charge in [-0.05, 0) is 55.5 Å². The van der Waals surface area contributed by atoms with Gasteiger partial charge in [0.2, 0.25) is 17.8 Å². The van der Waals surface area contributed by atoms with Crippen molar-refractivity contribution in [1.29, 1.82) is 0 Å². The van der Waals surface area contributed by atoms with Crippen LogP contribution in [0, 0.1) is 5.92 Å². The minimum Gasteiger partial charge on any atom is -0.341 e. The summed E-state index contributed by atoms with van der Waals surface area (Å²) in [6.45, 7) is 4.31. The molecular weight excluding hydrogens is 438 g/mol. The predicted octanol–water partition coefficient (Wildman–Crippen LogP) is 3.65. The van der Waals surface area contributed by atoms with Gasteiger partial charge in [-0.3, -0.25) is 4.79 Å². The van der Waals surface area contributed by atoms with E-state index in [1.165, 1.54) is 0 Å². The lowest BCUT2D eigenvalue weighted by Crippen LogP contribution is -2.47. The van der Waals surface area contributed by atoms with Crippen LogP contribution in [0.15, 0.2) is 47.3 Å². The van der Waals surface area contributed by atoms with E-state index in [0.29, 0.717) is 28.8 Å². The highest BCUT2D eigenvalue weighted by molar-refractivity contribution is 6.30. The van der Waals surface area contributed by atoms with Crippen molar-refractivity contribution in [3.05, 3.63) is 63.5 Å². The fraction of sp³-hybridized carbons (Fsp3) is 0.417. The average Bonchev–Trinajstić information content (AvgIpc) is 3.36. The van der Waals surface area contributed by atoms with Crippen molar-refractivity contribution < 1.29 is 0 Å². The fourth-order valence-corrected chi connectivity index (χ4v) is 5.46. The van der Waals surface area contributed by atoms with Crippen LogP contribution < -0.4 is 20.7 Å². The van der Waals surface area contributed by atoms with Crippen molar-refractivity contribution >= 4 is 35.1 Å². The molecule has 6 rings (SSSR count). The molecule has 2 saturated heterocycles. The molecule has 0 radical (unpaired) electrons. The topological polar surface area (TPSA) is 79.2 Å². The standard InChI is InChI=1S/C24H26ClN7O/c25-18-6-8-19(9-7-18)26-22-27-23(30-10-1-2-11-30)29-24(28-22)31-13-16-12-17(15-31)20-4-3-5-21(33)32(20)14-16/h3-9,16-17H,1-2,10-15H2,(H,26,27,28,29)/t16-,17-/m0/s1. The summed E-state index contributed by atoms with van der Waals surface area (Å²) < 4.78 is 1.95. The van der Waals surface area contributed by atoms with E-state index in [4.69, 9.17) is 26.6 Å². The number of benzene rings is 1. The molecule has 3 aliphatic heterocycles. The minimum atomic E-state index is 0.0987. The number of anilines is 4. The molecule has 0 amide bonds. The van der Waals surface area contributed by atoms with Crippen molar-refractivity contribution in [2.24, 2.45) is 5.92 Å². The van der Waals surface area contributed by atoms with Gasteiger partial charge in [-0.15, -0.1) is 0 Å². The van der Waals surface area contributed by atoms with Gasteiger partial charge in [0, 0.05) is 61.1 Å². The Morgan fingerprint density at radius 2 is 1.64 bits per heavy atom. The lowest BCUT2D eigenvalue weighted by atomic mass is 9.83. The first-order valence-electron chi connectivity index (χ1n) is 11.6. The Bertz CT molecular complexity index is 1220. The van der Waals surface area contributed by atoms with Crippen LogP contribution in [0.4, 0.5) is 23.5 Å². The number of aromatic nitrogens is 4. The van der Waals surface area contributed by atoms with Crippen molar-refractivity contribution in [1.82, 2.24) is 19.5 Å². The molecule has 2 bridgehead atoms. The number of nitrogens with zero attached hydrogens (tertiary/aromatic N) is 6. The maximum atomic E-state index is 12.4. The Morgan fingerprint density at radius 3 is 2.42 bits per heavy atom. The van der Waals surface area contributed by atoms with E-state index in [1.54, 1.807) is 6.07 Å². The van der Waals surface area contributed by atoms with E-state index < -0.39 is 0 Å². The molecule has 3 aliphatic rings. The fourth-order valence-electron chi connectivity index (χ4n) is 5.33. The van der Waals surface area contributed by atoms with Crippen LogP contribution in [0.1, 0.15) is 30.9 Å². The van der Waals surface area contributed by atoms with Crippen LogP contribution in [0.25, 0.3) is 0 Å². The van der Waals surface area contributed by atoms with Gasteiger partial charge in [0.25, 0.3) is 5.56 Å². The number of rotatable bonds is 4. The van der Waals surface area contributed by atoms with E-state index in [0.717, 1.165) is 69.3 Å². The Hall–Kier alpha value is -3.13. The molecule has 2 aromatic heterocycles. The van der Waals surface area contributed by atoms with Crippen LogP contribution in [0.2, 0.25) is 5.02 Å². The van der Waals surface area contributed by atoms with Gasteiger partial charge >= 0.3 is 0 Å². The van der Waals surface area contributed by atoms with Gasteiger partial charge in [0.1, 0.15) is 0 Å². The zero-order chi connectivity index (χ0) is 22.4. The second kappa shape index (κ2) is 8.33. The number of hydrogen-bond acceptors (Lipinski definition) is 7. The van der Waals surface area contributed by atoms with Crippen LogP contribution in [-0.2, 0) is 6.54 Å². The third-order valence-corrected chi connectivity index (χ3v) is 7.12. The summed E-state index contributed by atoms with van der Waals surface area (Å²) in [5, 5.41) is 4.02. The molecule has 170 valence electrons. The number of fused-ring (bicyclic) bond motifs is 4. The van der Waals surface area contributed by atoms with Crippen LogP contribution in [0.3, 0.4) is 0 Å². The third kappa shape index (κ3) is 4.04. The summed E-state index contributed by atoms with van der Waals surface area (Å²) in [6, 6.07) is 13.1. The summed E-state index contributed by atoms with van der Waals surface area (Å²) in [7, 11) is 0. The average molecular weight is 464 g/mol. The quantitative estimate of drug-likeness (QED) is 0.632. The van der Waals surface area contributed by atoms with E-state index in [1.807, 2.05) is 34.9 Å². The smallest absolute Gasteiger partial charge is 0.250 e. The lowest BCUT2D eigenvalue weighted by molar-refractivity contribution is 0.279. The second-order valence-corrected chi connectivity index (χ2v) is 9.62. The first-order valence-corrected chi connectivity index (χ1v) is 12.0. The van der Waals surface area contributed by atoms with E-state index in [2.05, 4.69) is 21.2 Å². The largest absolute Gasteiger partial charge is 0.341 e. The SMILES string of the molecule is O=c1cccc2n1C[C@H]1C[C@H]2CN(c2nc(Nc3ccc(Cl)cc3)nc(N3CCCC3)n2)C1. The van der Waals surface area contributed by atoms with E-state index >= 15 is 0 Å². The van der Waals surface area contributed by atoms with Gasteiger partial charge in [-0.1, -0.05) is 17.7 Å². The molecule has 2 atom stereocenters. The Labute approximate surface area is 197 Å². The molecular formula is C24H26ClN7O.